The molecule has 1 rings (SSSR count). The van der Waals surface area contributed by atoms with Crippen LogP contribution in [0.5, 0.6) is 0 Å². The summed E-state index contributed by atoms with van der Waals surface area (Å²) in [5.74, 6) is 1.11. The van der Waals surface area contributed by atoms with E-state index in [2.05, 4.69) is 4.52 Å². The van der Waals surface area contributed by atoms with Gasteiger partial charge in [0.05, 0.1) is 6.10 Å². The van der Waals surface area contributed by atoms with Gasteiger partial charge in [0.25, 0.3) is 0 Å². The Kier molecular flexibility index (Phi) is 5.31. The minimum Gasteiger partial charge on any atom is -0.376 e. The van der Waals surface area contributed by atoms with E-state index in [1.807, 2.05) is 6.92 Å². The molecule has 6 nitrogen and oxygen atoms in total. The van der Waals surface area contributed by atoms with Crippen LogP contribution in [-0.2, 0) is 23.3 Å². The van der Waals surface area contributed by atoms with Gasteiger partial charge in [0, 0.05) is 27.1 Å². The van der Waals surface area contributed by atoms with Gasteiger partial charge in [0.15, 0.2) is 0 Å². The quantitative estimate of drug-likeness (QED) is 0.752. The zero-order valence-electron chi connectivity index (χ0n) is 10.4. The molecule has 5 atom stereocenters. The van der Waals surface area contributed by atoms with Crippen LogP contribution in [0.4, 0.5) is 0 Å². The summed E-state index contributed by atoms with van der Waals surface area (Å²) >= 11 is 0. The number of rotatable bonds is 5. The Morgan fingerprint density at radius 1 is 1.24 bits per heavy atom. The highest BCUT2D eigenvalue weighted by Gasteiger charge is 2.41. The third-order valence-corrected chi connectivity index (χ3v) is 3.82. The molecule has 1 N–H and O–H groups in total. The molecule has 0 aromatic carbocycles. The highest BCUT2D eigenvalue weighted by molar-refractivity contribution is 7.56. The zero-order chi connectivity index (χ0) is 13.1. The van der Waals surface area contributed by atoms with Gasteiger partial charge < -0.3 is 23.6 Å². The van der Waals surface area contributed by atoms with Crippen LogP contribution in [0.25, 0.3) is 0 Å². The molecule has 0 amide bonds. The maximum absolute atomic E-state index is 11.3. The standard InChI is InChI=1S/C10H19O6P/c1-7-9(13-2)10(14-3)8(16-7)5-6-17(11,12)15-4/h5-10H,1-4H3,(H,11,12)/b6-5+/t7-,8+,9-,10+/m0/s1. The Morgan fingerprint density at radius 2 is 1.82 bits per heavy atom. The van der Waals surface area contributed by atoms with Gasteiger partial charge in [-0.25, -0.2) is 0 Å². The van der Waals surface area contributed by atoms with E-state index in [0.29, 0.717) is 0 Å². The summed E-state index contributed by atoms with van der Waals surface area (Å²) < 4.78 is 31.9. The SMILES string of the molecule is CO[C@@H]1[C@H](OC)[C@@H](/C=C/P(=O)(O)OC)O[C@H]1C. The number of ether oxygens (including phenoxy) is 3. The Hall–Kier alpha value is -0.230. The lowest BCUT2D eigenvalue weighted by atomic mass is 10.1. The van der Waals surface area contributed by atoms with E-state index in [1.165, 1.54) is 13.2 Å². The molecule has 0 aliphatic carbocycles. The molecule has 1 unspecified atom stereocenters. The summed E-state index contributed by atoms with van der Waals surface area (Å²) in [4.78, 5) is 9.25. The van der Waals surface area contributed by atoms with Gasteiger partial charge in [-0.15, -0.1) is 0 Å². The summed E-state index contributed by atoms with van der Waals surface area (Å²) in [7, 11) is 0.635. The molecular formula is C10H19O6P. The van der Waals surface area contributed by atoms with Gasteiger partial charge in [-0.05, 0) is 13.0 Å². The van der Waals surface area contributed by atoms with E-state index < -0.39 is 13.7 Å². The molecule has 7 heteroatoms. The monoisotopic (exact) mass is 266 g/mol. The minimum absolute atomic E-state index is 0.139. The molecule has 1 aliphatic heterocycles. The first kappa shape index (κ1) is 14.8. The van der Waals surface area contributed by atoms with E-state index in [9.17, 15) is 9.46 Å². The first-order valence-corrected chi connectivity index (χ1v) is 6.88. The molecular weight excluding hydrogens is 247 g/mol. The lowest BCUT2D eigenvalue weighted by molar-refractivity contribution is -0.0224. The maximum Gasteiger partial charge on any atom is 0.351 e. The van der Waals surface area contributed by atoms with Crippen LogP contribution >= 0.6 is 7.60 Å². The second-order valence-corrected chi connectivity index (χ2v) is 5.59. The lowest BCUT2D eigenvalue weighted by Crippen LogP contribution is -2.34. The molecule has 1 fully saturated rings. The van der Waals surface area contributed by atoms with Crippen LogP contribution in [0.15, 0.2) is 11.9 Å². The Morgan fingerprint density at radius 3 is 2.29 bits per heavy atom. The molecule has 1 heterocycles. The molecule has 0 saturated carbocycles. The largest absolute Gasteiger partial charge is 0.376 e. The van der Waals surface area contributed by atoms with Crippen molar-refractivity contribution in [3.63, 3.8) is 0 Å². The number of methoxy groups -OCH3 is 2. The van der Waals surface area contributed by atoms with Crippen molar-refractivity contribution < 1.29 is 28.2 Å². The van der Waals surface area contributed by atoms with Crippen molar-refractivity contribution in [1.29, 1.82) is 0 Å². The van der Waals surface area contributed by atoms with Gasteiger partial charge >= 0.3 is 7.60 Å². The van der Waals surface area contributed by atoms with E-state index in [0.717, 1.165) is 5.82 Å². The van der Waals surface area contributed by atoms with Gasteiger partial charge in [0.2, 0.25) is 0 Å². The molecule has 0 bridgehead atoms. The van der Waals surface area contributed by atoms with Crippen LogP contribution in [0, 0.1) is 0 Å². The fourth-order valence-corrected chi connectivity index (χ4v) is 2.37. The summed E-state index contributed by atoms with van der Waals surface area (Å²) in [6.07, 6.45) is 0.419. The minimum atomic E-state index is -3.67. The Balaban J connectivity index is 2.75. The molecule has 0 aromatic heterocycles. The van der Waals surface area contributed by atoms with Gasteiger partial charge in [-0.2, -0.15) is 0 Å². The smallest absolute Gasteiger partial charge is 0.351 e. The highest BCUT2D eigenvalue weighted by Crippen LogP contribution is 2.43. The maximum atomic E-state index is 11.3. The van der Waals surface area contributed by atoms with Gasteiger partial charge in [-0.1, -0.05) is 0 Å². The van der Waals surface area contributed by atoms with Crippen LogP contribution < -0.4 is 0 Å². The van der Waals surface area contributed by atoms with Crippen molar-refractivity contribution in [2.75, 3.05) is 21.3 Å². The van der Waals surface area contributed by atoms with Crippen molar-refractivity contribution in [2.45, 2.75) is 31.3 Å². The average Bonchev–Trinajstić information content (AvgIpc) is 2.62. The molecule has 0 aromatic rings. The predicted molar refractivity (Wildman–Crippen MR) is 61.9 cm³/mol. The van der Waals surface area contributed by atoms with Crippen molar-refractivity contribution >= 4 is 7.60 Å². The van der Waals surface area contributed by atoms with Crippen molar-refractivity contribution in [2.24, 2.45) is 0 Å². The number of hydrogen-bond acceptors (Lipinski definition) is 5. The summed E-state index contributed by atoms with van der Waals surface area (Å²) in [5.41, 5.74) is 0. The molecule has 17 heavy (non-hydrogen) atoms. The Bertz CT molecular complexity index is 318. The van der Waals surface area contributed by atoms with E-state index >= 15 is 0 Å². The summed E-state index contributed by atoms with van der Waals surface area (Å²) in [6, 6.07) is 0. The Labute approximate surface area is 101 Å². The molecule has 100 valence electrons. The zero-order valence-corrected chi connectivity index (χ0v) is 11.3. The van der Waals surface area contributed by atoms with Crippen molar-refractivity contribution in [3.8, 4) is 0 Å². The summed E-state index contributed by atoms with van der Waals surface area (Å²) in [5, 5.41) is 0. The lowest BCUT2D eigenvalue weighted by Gasteiger charge is -2.19. The van der Waals surface area contributed by atoms with E-state index in [1.54, 1.807) is 14.2 Å². The van der Waals surface area contributed by atoms with Gasteiger partial charge in [0.1, 0.15) is 18.3 Å². The normalized spacial score (nSPS) is 37.5. The average molecular weight is 266 g/mol. The molecule has 0 spiro atoms. The molecule has 0 radical (unpaired) electrons. The number of hydrogen-bond donors (Lipinski definition) is 1. The predicted octanol–water partition coefficient (Wildman–Crippen LogP) is 1.15. The third-order valence-electron chi connectivity index (χ3n) is 2.75. The molecule has 1 saturated heterocycles. The van der Waals surface area contributed by atoms with Crippen LogP contribution in [-0.4, -0.2) is 50.6 Å². The van der Waals surface area contributed by atoms with E-state index in [4.69, 9.17) is 14.2 Å². The van der Waals surface area contributed by atoms with E-state index in [-0.39, 0.29) is 18.3 Å². The highest BCUT2D eigenvalue weighted by atomic mass is 31.2. The topological polar surface area (TPSA) is 74.2 Å². The second kappa shape index (κ2) is 6.09. The van der Waals surface area contributed by atoms with Gasteiger partial charge in [-0.3, -0.25) is 4.57 Å². The molecule has 1 aliphatic rings. The van der Waals surface area contributed by atoms with Crippen molar-refractivity contribution in [3.05, 3.63) is 11.9 Å². The van der Waals surface area contributed by atoms with Crippen LogP contribution in [0.2, 0.25) is 0 Å². The summed E-state index contributed by atoms with van der Waals surface area (Å²) in [6.45, 7) is 1.86. The van der Waals surface area contributed by atoms with Crippen molar-refractivity contribution in [1.82, 2.24) is 0 Å². The van der Waals surface area contributed by atoms with Crippen LogP contribution in [0.3, 0.4) is 0 Å². The first-order chi connectivity index (χ1) is 7.95. The third kappa shape index (κ3) is 3.61. The fourth-order valence-electron chi connectivity index (χ4n) is 1.86. The second-order valence-electron chi connectivity index (χ2n) is 3.79. The first-order valence-electron chi connectivity index (χ1n) is 5.23. The van der Waals surface area contributed by atoms with Crippen LogP contribution in [0.1, 0.15) is 6.92 Å². The fraction of sp³-hybridized carbons (Fsp3) is 0.800.